The monoisotopic (exact) mass is 320 g/mol. The van der Waals surface area contributed by atoms with Crippen molar-refractivity contribution in [3.05, 3.63) is 0 Å². The van der Waals surface area contributed by atoms with Crippen LogP contribution in [0.25, 0.3) is 0 Å². The van der Waals surface area contributed by atoms with E-state index in [1.165, 1.54) is 6.42 Å². The smallest absolute Gasteiger partial charge is 0.138 e. The standard InChI is InChI=1S/C20H32O3/c1-17(2)14-6-9-19-10-13(20(23,11-19)12-21)4-5-15(19)18(14,3)8-7-16(17)22/h13-15,21,23H,4-12H2,1-3H3/t13-,14-,15+,18-,19+,20-/m0/s1. The van der Waals surface area contributed by atoms with Gasteiger partial charge in [-0.15, -0.1) is 0 Å². The molecule has 1 spiro atoms. The molecule has 0 aromatic heterocycles. The summed E-state index contributed by atoms with van der Waals surface area (Å²) in [7, 11) is 0. The van der Waals surface area contributed by atoms with Gasteiger partial charge in [-0.05, 0) is 73.5 Å². The van der Waals surface area contributed by atoms with Gasteiger partial charge in [-0.3, -0.25) is 4.79 Å². The summed E-state index contributed by atoms with van der Waals surface area (Å²) >= 11 is 0. The third kappa shape index (κ3) is 1.87. The molecule has 4 saturated carbocycles. The number of fused-ring (bicyclic) bond motifs is 3. The molecule has 0 radical (unpaired) electrons. The van der Waals surface area contributed by atoms with E-state index < -0.39 is 5.60 Å². The van der Waals surface area contributed by atoms with Gasteiger partial charge in [0.15, 0.2) is 0 Å². The van der Waals surface area contributed by atoms with Crippen LogP contribution in [-0.2, 0) is 4.79 Å². The lowest BCUT2D eigenvalue weighted by Gasteiger charge is -2.63. The van der Waals surface area contributed by atoms with Crippen LogP contribution in [0.4, 0.5) is 0 Å². The lowest BCUT2D eigenvalue weighted by Crippen LogP contribution is -2.58. The minimum atomic E-state index is -0.849. The molecular formula is C20H32O3. The topological polar surface area (TPSA) is 57.5 Å². The van der Waals surface area contributed by atoms with Gasteiger partial charge < -0.3 is 10.2 Å². The summed E-state index contributed by atoms with van der Waals surface area (Å²) in [5, 5.41) is 20.7. The summed E-state index contributed by atoms with van der Waals surface area (Å²) in [5.74, 6) is 1.81. The molecule has 3 nitrogen and oxygen atoms in total. The Kier molecular flexibility index (Phi) is 3.22. The van der Waals surface area contributed by atoms with Crippen LogP contribution in [0.5, 0.6) is 0 Å². The number of ketones is 1. The number of hydrogen-bond acceptors (Lipinski definition) is 3. The minimum absolute atomic E-state index is 0.0870. The predicted octanol–water partition coefficient (Wildman–Crippen LogP) is 3.32. The maximum Gasteiger partial charge on any atom is 0.138 e. The fourth-order valence-corrected chi connectivity index (χ4v) is 7.83. The molecule has 0 aliphatic heterocycles. The highest BCUT2D eigenvalue weighted by Crippen LogP contribution is 2.72. The van der Waals surface area contributed by atoms with Crippen LogP contribution in [0.15, 0.2) is 0 Å². The number of aliphatic hydroxyl groups excluding tert-OH is 1. The molecule has 2 N–H and O–H groups in total. The molecule has 4 aliphatic carbocycles. The van der Waals surface area contributed by atoms with Crippen molar-refractivity contribution in [3.63, 3.8) is 0 Å². The third-order valence-corrected chi connectivity index (χ3v) is 8.89. The van der Waals surface area contributed by atoms with Crippen molar-refractivity contribution in [2.75, 3.05) is 6.61 Å². The van der Waals surface area contributed by atoms with Crippen LogP contribution in [0.3, 0.4) is 0 Å². The molecule has 0 unspecified atom stereocenters. The van der Waals surface area contributed by atoms with Crippen molar-refractivity contribution in [1.29, 1.82) is 0 Å². The molecule has 6 atom stereocenters. The Hall–Kier alpha value is -0.410. The molecule has 0 saturated heterocycles. The third-order valence-electron chi connectivity index (χ3n) is 8.89. The Morgan fingerprint density at radius 2 is 1.83 bits per heavy atom. The maximum atomic E-state index is 12.5. The van der Waals surface area contributed by atoms with Crippen LogP contribution in [-0.4, -0.2) is 28.2 Å². The fraction of sp³-hybridized carbons (Fsp3) is 0.950. The van der Waals surface area contributed by atoms with Gasteiger partial charge in [0.05, 0.1) is 12.2 Å². The molecule has 4 fully saturated rings. The van der Waals surface area contributed by atoms with Gasteiger partial charge in [0.25, 0.3) is 0 Å². The highest BCUT2D eigenvalue weighted by atomic mass is 16.3. The Balaban J connectivity index is 1.73. The molecule has 0 heterocycles. The van der Waals surface area contributed by atoms with Crippen molar-refractivity contribution >= 4 is 5.78 Å². The number of hydrogen-bond donors (Lipinski definition) is 2. The first-order chi connectivity index (χ1) is 10.7. The van der Waals surface area contributed by atoms with E-state index in [1.807, 2.05) is 0 Å². The summed E-state index contributed by atoms with van der Waals surface area (Å²) in [6.07, 6.45) is 8.07. The minimum Gasteiger partial charge on any atom is -0.393 e. The van der Waals surface area contributed by atoms with Gasteiger partial charge in [-0.2, -0.15) is 0 Å². The van der Waals surface area contributed by atoms with Gasteiger partial charge in [0, 0.05) is 11.8 Å². The number of rotatable bonds is 1. The molecule has 0 aromatic carbocycles. The molecule has 4 rings (SSSR count). The van der Waals surface area contributed by atoms with E-state index in [0.717, 1.165) is 44.9 Å². The summed E-state index contributed by atoms with van der Waals surface area (Å²) < 4.78 is 0. The number of aliphatic hydroxyl groups is 2. The van der Waals surface area contributed by atoms with Gasteiger partial charge in [-0.25, -0.2) is 0 Å². The molecule has 130 valence electrons. The van der Waals surface area contributed by atoms with E-state index in [4.69, 9.17) is 0 Å². The first kappa shape index (κ1) is 16.1. The average Bonchev–Trinajstić information content (AvgIpc) is 2.70. The summed E-state index contributed by atoms with van der Waals surface area (Å²) in [4.78, 5) is 12.5. The molecule has 3 heteroatoms. The first-order valence-corrected chi connectivity index (χ1v) is 9.55. The lowest BCUT2D eigenvalue weighted by atomic mass is 9.41. The van der Waals surface area contributed by atoms with Crippen LogP contribution >= 0.6 is 0 Å². The molecular weight excluding hydrogens is 288 g/mol. The largest absolute Gasteiger partial charge is 0.393 e. The van der Waals surface area contributed by atoms with Gasteiger partial charge in [-0.1, -0.05) is 20.8 Å². The van der Waals surface area contributed by atoms with Crippen LogP contribution in [0, 0.1) is 34.0 Å². The highest BCUT2D eigenvalue weighted by Gasteiger charge is 2.67. The van der Waals surface area contributed by atoms with Crippen LogP contribution < -0.4 is 0 Å². The number of carbonyl (C=O) groups is 1. The van der Waals surface area contributed by atoms with Gasteiger partial charge >= 0.3 is 0 Å². The Bertz CT molecular complexity index is 541. The van der Waals surface area contributed by atoms with Crippen molar-refractivity contribution < 1.29 is 15.0 Å². The van der Waals surface area contributed by atoms with Crippen LogP contribution in [0.1, 0.15) is 72.1 Å². The summed E-state index contributed by atoms with van der Waals surface area (Å²) in [6, 6.07) is 0. The second-order valence-corrected chi connectivity index (χ2v) is 10.1. The zero-order chi connectivity index (χ0) is 16.7. The van der Waals surface area contributed by atoms with Gasteiger partial charge in [0.2, 0.25) is 0 Å². The first-order valence-electron chi connectivity index (χ1n) is 9.55. The SMILES string of the molecule is CC1(C)C(=O)CC[C@@]2(C)[C@H]1CC[C@]13C[C@H](CC[C@@H]12)[C@@](O)(CO)C3. The van der Waals surface area contributed by atoms with E-state index in [1.54, 1.807) is 0 Å². The average molecular weight is 320 g/mol. The van der Waals surface area contributed by atoms with E-state index in [0.29, 0.717) is 17.6 Å². The maximum absolute atomic E-state index is 12.5. The quantitative estimate of drug-likeness (QED) is 0.779. The lowest BCUT2D eigenvalue weighted by molar-refractivity contribution is -0.165. The van der Waals surface area contributed by atoms with Crippen molar-refractivity contribution in [3.8, 4) is 0 Å². The van der Waals surface area contributed by atoms with E-state index >= 15 is 0 Å². The fourth-order valence-electron chi connectivity index (χ4n) is 7.83. The summed E-state index contributed by atoms with van der Waals surface area (Å²) in [6.45, 7) is 6.68. The normalized spacial score (nSPS) is 54.5. The van der Waals surface area contributed by atoms with Crippen molar-refractivity contribution in [1.82, 2.24) is 0 Å². The number of carbonyl (C=O) groups excluding carboxylic acids is 1. The van der Waals surface area contributed by atoms with Crippen molar-refractivity contribution in [2.24, 2.45) is 34.0 Å². The van der Waals surface area contributed by atoms with Crippen molar-refractivity contribution in [2.45, 2.75) is 77.7 Å². The van der Waals surface area contributed by atoms with E-state index in [2.05, 4.69) is 20.8 Å². The zero-order valence-corrected chi connectivity index (χ0v) is 14.9. The predicted molar refractivity (Wildman–Crippen MR) is 88.8 cm³/mol. The Morgan fingerprint density at radius 1 is 1.09 bits per heavy atom. The van der Waals surface area contributed by atoms with E-state index in [-0.39, 0.29) is 28.8 Å². The van der Waals surface area contributed by atoms with Crippen LogP contribution in [0.2, 0.25) is 0 Å². The zero-order valence-electron chi connectivity index (χ0n) is 14.9. The second-order valence-electron chi connectivity index (χ2n) is 10.1. The van der Waals surface area contributed by atoms with E-state index in [9.17, 15) is 15.0 Å². The second kappa shape index (κ2) is 4.60. The molecule has 2 bridgehead atoms. The summed E-state index contributed by atoms with van der Waals surface area (Å²) in [5.41, 5.74) is -0.612. The number of Topliss-reactive ketones (excluding diaryl/α,β-unsaturated/α-hetero) is 1. The Morgan fingerprint density at radius 3 is 2.52 bits per heavy atom. The molecule has 0 amide bonds. The molecule has 4 aliphatic rings. The molecule has 0 aromatic rings. The Labute approximate surface area is 139 Å². The highest BCUT2D eigenvalue weighted by molar-refractivity contribution is 5.85. The van der Waals surface area contributed by atoms with Gasteiger partial charge in [0.1, 0.15) is 5.78 Å². The molecule has 23 heavy (non-hydrogen) atoms.